The van der Waals surface area contributed by atoms with Gasteiger partial charge in [0.2, 0.25) is 5.95 Å². The van der Waals surface area contributed by atoms with Crippen LogP contribution in [0.1, 0.15) is 29.8 Å². The number of benzene rings is 1. The van der Waals surface area contributed by atoms with Crippen LogP contribution in [0.3, 0.4) is 0 Å². The average molecular weight is 397 g/mol. The summed E-state index contributed by atoms with van der Waals surface area (Å²) in [5.41, 5.74) is 0.485. The van der Waals surface area contributed by atoms with Crippen molar-refractivity contribution in [2.75, 3.05) is 19.0 Å². The number of rotatable bonds is 5. The van der Waals surface area contributed by atoms with Crippen LogP contribution in [-0.2, 0) is 13.1 Å². The maximum atomic E-state index is 13.4. The van der Waals surface area contributed by atoms with Gasteiger partial charge in [-0.05, 0) is 18.1 Å². The minimum atomic E-state index is -4.28. The van der Waals surface area contributed by atoms with Crippen molar-refractivity contribution < 1.29 is 17.6 Å². The molecule has 150 valence electrons. The van der Waals surface area contributed by atoms with E-state index in [4.69, 9.17) is 0 Å². The first kappa shape index (κ1) is 19.8. The van der Waals surface area contributed by atoms with Crippen molar-refractivity contribution in [2.45, 2.75) is 32.2 Å². The van der Waals surface area contributed by atoms with E-state index >= 15 is 0 Å². The lowest BCUT2D eigenvalue weighted by Gasteiger charge is -2.16. The van der Waals surface area contributed by atoms with Gasteiger partial charge in [0, 0.05) is 14.1 Å². The monoisotopic (exact) mass is 397 g/mol. The molecule has 28 heavy (non-hydrogen) atoms. The molecule has 6 nitrogen and oxygen atoms in total. The highest BCUT2D eigenvalue weighted by atomic mass is 19.4. The first-order valence-electron chi connectivity index (χ1n) is 8.51. The summed E-state index contributed by atoms with van der Waals surface area (Å²) in [4.78, 5) is 20.9. The highest BCUT2D eigenvalue weighted by Crippen LogP contribution is 2.26. The Morgan fingerprint density at radius 3 is 2.39 bits per heavy atom. The summed E-state index contributed by atoms with van der Waals surface area (Å²) < 4.78 is 52.4. The van der Waals surface area contributed by atoms with Crippen LogP contribution in [0.25, 0.3) is 11.0 Å². The van der Waals surface area contributed by atoms with Crippen molar-refractivity contribution in [2.24, 2.45) is 0 Å². The molecule has 0 aliphatic carbocycles. The van der Waals surface area contributed by atoms with Crippen molar-refractivity contribution in [3.8, 4) is 0 Å². The van der Waals surface area contributed by atoms with Crippen molar-refractivity contribution >= 4 is 17.0 Å². The van der Waals surface area contributed by atoms with Crippen LogP contribution in [0, 0.1) is 0 Å². The Hall–Kier alpha value is -2.91. The lowest BCUT2D eigenvalue weighted by Crippen LogP contribution is -2.20. The molecule has 3 aromatic rings. The van der Waals surface area contributed by atoms with Crippen molar-refractivity contribution in [3.05, 3.63) is 51.4 Å². The predicted molar refractivity (Wildman–Crippen MR) is 97.3 cm³/mol. The Morgan fingerprint density at radius 2 is 1.86 bits per heavy atom. The molecule has 0 fully saturated rings. The standard InChI is InChI=1S/C18H19F4N5O/c1-10(12-6-4-11(5-7-12)8-18(20,21)22)27-15-14(13(9-19)25-27)16(28)24-17(23-15)26(2)3/h4-7,10H,8-9H2,1-3H3,(H,23,24,28)/t10-/m0/s1. The summed E-state index contributed by atoms with van der Waals surface area (Å²) in [7, 11) is 3.40. The number of fused-ring (bicyclic) bond motifs is 1. The minimum Gasteiger partial charge on any atom is -0.348 e. The molecule has 0 amide bonds. The molecule has 1 aromatic carbocycles. The highest BCUT2D eigenvalue weighted by molar-refractivity contribution is 5.78. The zero-order chi connectivity index (χ0) is 20.6. The number of anilines is 1. The first-order valence-corrected chi connectivity index (χ1v) is 8.51. The van der Waals surface area contributed by atoms with E-state index in [0.29, 0.717) is 5.56 Å². The summed E-state index contributed by atoms with van der Waals surface area (Å²) in [6.45, 7) is 0.818. The number of H-pyrrole nitrogens is 1. The van der Waals surface area contributed by atoms with Crippen LogP contribution < -0.4 is 10.5 Å². The number of nitrogens with one attached hydrogen (secondary N) is 1. The zero-order valence-corrected chi connectivity index (χ0v) is 15.5. The van der Waals surface area contributed by atoms with Crippen LogP contribution in [0.15, 0.2) is 29.1 Å². The van der Waals surface area contributed by atoms with E-state index in [9.17, 15) is 22.4 Å². The first-order chi connectivity index (χ1) is 13.1. The number of hydrogen-bond acceptors (Lipinski definition) is 4. The molecule has 0 spiro atoms. The predicted octanol–water partition coefficient (Wildman–Crippen LogP) is 3.37. The highest BCUT2D eigenvalue weighted by Gasteiger charge is 2.27. The molecule has 0 aliphatic rings. The number of nitrogens with zero attached hydrogens (tertiary/aromatic N) is 4. The van der Waals surface area contributed by atoms with Crippen LogP contribution >= 0.6 is 0 Å². The van der Waals surface area contributed by atoms with E-state index < -0.39 is 30.9 Å². The molecule has 10 heteroatoms. The summed E-state index contributed by atoms with van der Waals surface area (Å²) in [6.07, 6.45) is -5.30. The van der Waals surface area contributed by atoms with Gasteiger partial charge in [0.1, 0.15) is 17.8 Å². The Balaban J connectivity index is 2.06. The van der Waals surface area contributed by atoms with Crippen molar-refractivity contribution in [3.63, 3.8) is 0 Å². The van der Waals surface area contributed by atoms with Crippen LogP contribution in [0.5, 0.6) is 0 Å². The van der Waals surface area contributed by atoms with E-state index in [1.54, 1.807) is 38.1 Å². The Morgan fingerprint density at radius 1 is 1.21 bits per heavy atom. The third-order valence-electron chi connectivity index (χ3n) is 4.41. The van der Waals surface area contributed by atoms with Gasteiger partial charge >= 0.3 is 6.18 Å². The third kappa shape index (κ3) is 3.85. The lowest BCUT2D eigenvalue weighted by molar-refractivity contribution is -0.127. The fourth-order valence-electron chi connectivity index (χ4n) is 2.97. The molecule has 2 aromatic heterocycles. The van der Waals surface area contributed by atoms with Crippen LogP contribution in [0.2, 0.25) is 0 Å². The lowest BCUT2D eigenvalue weighted by atomic mass is 10.0. The summed E-state index contributed by atoms with van der Waals surface area (Å²) in [6, 6.07) is 5.45. The van der Waals surface area contributed by atoms with E-state index in [1.165, 1.54) is 16.8 Å². The summed E-state index contributed by atoms with van der Waals surface area (Å²) >= 11 is 0. The molecule has 0 unspecified atom stereocenters. The van der Waals surface area contributed by atoms with Crippen molar-refractivity contribution in [1.29, 1.82) is 0 Å². The van der Waals surface area contributed by atoms with Gasteiger partial charge in [-0.25, -0.2) is 9.07 Å². The third-order valence-corrected chi connectivity index (χ3v) is 4.41. The second-order valence-corrected chi connectivity index (χ2v) is 6.72. The normalized spacial score (nSPS) is 13.1. The maximum absolute atomic E-state index is 13.4. The van der Waals surface area contributed by atoms with Gasteiger partial charge in [0.15, 0.2) is 5.65 Å². The van der Waals surface area contributed by atoms with Gasteiger partial charge in [-0.2, -0.15) is 23.3 Å². The second-order valence-electron chi connectivity index (χ2n) is 6.72. The topological polar surface area (TPSA) is 66.8 Å². The van der Waals surface area contributed by atoms with Crippen molar-refractivity contribution in [1.82, 2.24) is 19.7 Å². The number of halogens is 4. The summed E-state index contributed by atoms with van der Waals surface area (Å²) in [5.74, 6) is 0.289. The molecule has 2 heterocycles. The molecule has 0 bridgehead atoms. The molecule has 3 rings (SSSR count). The Labute approximate surface area is 157 Å². The van der Waals surface area contributed by atoms with Gasteiger partial charge in [-0.15, -0.1) is 0 Å². The average Bonchev–Trinajstić information content (AvgIpc) is 2.99. The molecule has 0 saturated heterocycles. The summed E-state index contributed by atoms with van der Waals surface area (Å²) in [5, 5.41) is 4.25. The zero-order valence-electron chi connectivity index (χ0n) is 15.5. The van der Waals surface area contributed by atoms with Gasteiger partial charge < -0.3 is 4.90 Å². The number of hydrogen-bond donors (Lipinski definition) is 1. The van der Waals surface area contributed by atoms with Crippen LogP contribution in [0.4, 0.5) is 23.5 Å². The van der Waals surface area contributed by atoms with Gasteiger partial charge in [-0.1, -0.05) is 24.3 Å². The molecule has 1 N–H and O–H groups in total. The molecule has 0 saturated carbocycles. The number of aromatic nitrogens is 4. The van der Waals surface area contributed by atoms with E-state index in [0.717, 1.165) is 0 Å². The maximum Gasteiger partial charge on any atom is 0.393 e. The fourth-order valence-corrected chi connectivity index (χ4v) is 2.97. The molecule has 0 aliphatic heterocycles. The van der Waals surface area contributed by atoms with Gasteiger partial charge in [0.05, 0.1) is 12.5 Å². The van der Waals surface area contributed by atoms with Crippen LogP contribution in [-0.4, -0.2) is 40.0 Å². The smallest absolute Gasteiger partial charge is 0.348 e. The largest absolute Gasteiger partial charge is 0.393 e. The SMILES string of the molecule is C[C@@H](c1ccc(CC(F)(F)F)cc1)n1nc(CF)c2c(=O)[nH]c(N(C)C)nc21. The van der Waals surface area contributed by atoms with Gasteiger partial charge in [0.25, 0.3) is 5.56 Å². The molecule has 1 atom stereocenters. The fraction of sp³-hybridized carbons (Fsp3) is 0.389. The Kier molecular flexibility index (Phi) is 5.14. The van der Waals surface area contributed by atoms with E-state index in [1.807, 2.05) is 0 Å². The van der Waals surface area contributed by atoms with E-state index in [2.05, 4.69) is 15.1 Å². The second kappa shape index (κ2) is 7.25. The van der Waals surface area contributed by atoms with Gasteiger partial charge in [-0.3, -0.25) is 9.78 Å². The Bertz CT molecular complexity index is 1040. The minimum absolute atomic E-state index is 0.0328. The van der Waals surface area contributed by atoms with E-state index in [-0.39, 0.29) is 28.2 Å². The molecular formula is C18H19F4N5O. The molecular weight excluding hydrogens is 378 g/mol. The number of alkyl halides is 4. The quantitative estimate of drug-likeness (QED) is 0.671. The molecule has 0 radical (unpaired) electrons. The number of aromatic amines is 1.